The largest absolute Gasteiger partial charge is 0.445 e. The zero-order chi connectivity index (χ0) is 11.1. The lowest BCUT2D eigenvalue weighted by atomic mass is 10.3. The van der Waals surface area contributed by atoms with E-state index in [-0.39, 0.29) is 12.3 Å². The van der Waals surface area contributed by atoms with Gasteiger partial charge in [-0.15, -0.1) is 0 Å². The van der Waals surface area contributed by atoms with Crippen LogP contribution in [0.4, 0.5) is 14.9 Å². The van der Waals surface area contributed by atoms with Crippen molar-refractivity contribution in [3.63, 3.8) is 0 Å². The molecule has 0 aliphatic carbocycles. The lowest BCUT2D eigenvalue weighted by Crippen LogP contribution is -2.14. The van der Waals surface area contributed by atoms with E-state index in [0.717, 1.165) is 0 Å². The first kappa shape index (κ1) is 11.2. The van der Waals surface area contributed by atoms with Crippen LogP contribution in [0.25, 0.3) is 0 Å². The number of allylic oxidation sites excluding steroid dienone is 1. The molecule has 4 heteroatoms. The highest BCUT2D eigenvalue weighted by Gasteiger charge is 2.05. The highest BCUT2D eigenvalue weighted by Crippen LogP contribution is 2.12. The number of benzene rings is 1. The third kappa shape index (κ3) is 3.81. The first-order valence-corrected chi connectivity index (χ1v) is 4.53. The normalized spacial score (nSPS) is 10.3. The van der Waals surface area contributed by atoms with E-state index < -0.39 is 11.9 Å². The van der Waals surface area contributed by atoms with E-state index in [4.69, 9.17) is 4.74 Å². The predicted molar refractivity (Wildman–Crippen MR) is 56.2 cm³/mol. The second-order valence-electron chi connectivity index (χ2n) is 2.77. The number of nitrogens with one attached hydrogen (secondary N) is 1. The average Bonchev–Trinajstić information content (AvgIpc) is 2.22. The Morgan fingerprint density at radius 2 is 2.27 bits per heavy atom. The summed E-state index contributed by atoms with van der Waals surface area (Å²) >= 11 is 0. The van der Waals surface area contributed by atoms with Crippen LogP contribution in [0.5, 0.6) is 0 Å². The molecule has 0 saturated carbocycles. The van der Waals surface area contributed by atoms with Crippen molar-refractivity contribution in [1.29, 1.82) is 0 Å². The molecular formula is C11H12FNO2. The maximum absolute atomic E-state index is 13.1. The number of anilines is 1. The fourth-order valence-electron chi connectivity index (χ4n) is 0.929. The van der Waals surface area contributed by atoms with E-state index in [9.17, 15) is 9.18 Å². The van der Waals surface area contributed by atoms with Crippen molar-refractivity contribution in [2.24, 2.45) is 0 Å². The van der Waals surface area contributed by atoms with Crippen LogP contribution in [0, 0.1) is 5.82 Å². The standard InChI is InChI=1S/C11H12FNO2/c1-2-3-8-15-11(14)13-10-7-5-4-6-9(10)12/h2-7H,8H2,1H3,(H,13,14)/b3-2+. The van der Waals surface area contributed by atoms with Crippen molar-refractivity contribution in [2.75, 3.05) is 11.9 Å². The van der Waals surface area contributed by atoms with Gasteiger partial charge >= 0.3 is 6.09 Å². The highest BCUT2D eigenvalue weighted by molar-refractivity contribution is 5.84. The fraction of sp³-hybridized carbons (Fsp3) is 0.182. The number of halogens is 1. The van der Waals surface area contributed by atoms with Crippen molar-refractivity contribution in [3.05, 3.63) is 42.2 Å². The SMILES string of the molecule is C/C=C/COC(=O)Nc1ccccc1F. The summed E-state index contributed by atoms with van der Waals surface area (Å²) in [6.07, 6.45) is 2.77. The molecule has 80 valence electrons. The van der Waals surface area contributed by atoms with Gasteiger partial charge in [0.2, 0.25) is 0 Å². The van der Waals surface area contributed by atoms with E-state index in [2.05, 4.69) is 5.32 Å². The molecule has 1 aromatic rings. The molecule has 3 nitrogen and oxygen atoms in total. The second-order valence-corrected chi connectivity index (χ2v) is 2.77. The average molecular weight is 209 g/mol. The maximum atomic E-state index is 13.1. The molecule has 0 fully saturated rings. The van der Waals surface area contributed by atoms with Gasteiger partial charge < -0.3 is 4.74 Å². The summed E-state index contributed by atoms with van der Waals surface area (Å²) in [5.74, 6) is -0.486. The molecule has 0 aliphatic rings. The van der Waals surface area contributed by atoms with Gasteiger partial charge in [-0.25, -0.2) is 9.18 Å². The van der Waals surface area contributed by atoms with Gasteiger partial charge in [0.1, 0.15) is 12.4 Å². The number of rotatable bonds is 3. The molecule has 0 spiro atoms. The van der Waals surface area contributed by atoms with Crippen molar-refractivity contribution in [2.45, 2.75) is 6.92 Å². The number of carbonyl (C=O) groups excluding carboxylic acids is 1. The quantitative estimate of drug-likeness (QED) is 0.777. The Balaban J connectivity index is 2.48. The Morgan fingerprint density at radius 3 is 2.93 bits per heavy atom. The molecule has 0 heterocycles. The third-order valence-electron chi connectivity index (χ3n) is 1.66. The van der Waals surface area contributed by atoms with Crippen molar-refractivity contribution in [1.82, 2.24) is 0 Å². The molecule has 0 atom stereocenters. The lowest BCUT2D eigenvalue weighted by Gasteiger charge is -2.05. The molecule has 0 saturated heterocycles. The summed E-state index contributed by atoms with van der Waals surface area (Å²) in [5, 5.41) is 2.30. The van der Waals surface area contributed by atoms with Crippen LogP contribution in [0.2, 0.25) is 0 Å². The molecule has 1 aromatic carbocycles. The highest BCUT2D eigenvalue weighted by atomic mass is 19.1. The van der Waals surface area contributed by atoms with Gasteiger partial charge in [-0.3, -0.25) is 5.32 Å². The summed E-state index contributed by atoms with van der Waals surface area (Å²) in [6, 6.07) is 5.91. The Hall–Kier alpha value is -1.84. The Kier molecular flexibility index (Phi) is 4.34. The molecule has 0 unspecified atom stereocenters. The number of carbonyl (C=O) groups is 1. The molecule has 1 N–H and O–H groups in total. The molecule has 15 heavy (non-hydrogen) atoms. The first-order valence-electron chi connectivity index (χ1n) is 4.53. The molecule has 0 aliphatic heterocycles. The zero-order valence-corrected chi connectivity index (χ0v) is 8.37. The lowest BCUT2D eigenvalue weighted by molar-refractivity contribution is 0.174. The van der Waals surface area contributed by atoms with Crippen LogP contribution >= 0.6 is 0 Å². The monoisotopic (exact) mass is 209 g/mol. The molecular weight excluding hydrogens is 197 g/mol. The minimum absolute atomic E-state index is 0.114. The summed E-state index contributed by atoms with van der Waals surface area (Å²) < 4.78 is 17.8. The molecule has 0 radical (unpaired) electrons. The molecule has 0 bridgehead atoms. The predicted octanol–water partition coefficient (Wildman–Crippen LogP) is 2.95. The first-order chi connectivity index (χ1) is 7.24. The third-order valence-corrected chi connectivity index (χ3v) is 1.66. The van der Waals surface area contributed by atoms with Crippen molar-refractivity contribution < 1.29 is 13.9 Å². The fourth-order valence-corrected chi connectivity index (χ4v) is 0.929. The van der Waals surface area contributed by atoms with Gasteiger partial charge in [-0.2, -0.15) is 0 Å². The van der Waals surface area contributed by atoms with Crippen LogP contribution in [0.1, 0.15) is 6.92 Å². The summed E-state index contributed by atoms with van der Waals surface area (Å²) in [5.41, 5.74) is 0.114. The number of hydrogen-bond donors (Lipinski definition) is 1. The van der Waals surface area contributed by atoms with Gasteiger partial charge in [0.25, 0.3) is 0 Å². The minimum Gasteiger partial charge on any atom is -0.445 e. The topological polar surface area (TPSA) is 38.3 Å². The van der Waals surface area contributed by atoms with Crippen LogP contribution in [-0.4, -0.2) is 12.7 Å². The molecule has 0 aromatic heterocycles. The smallest absolute Gasteiger partial charge is 0.412 e. The maximum Gasteiger partial charge on any atom is 0.412 e. The number of ether oxygens (including phenoxy) is 1. The van der Waals surface area contributed by atoms with E-state index in [0.29, 0.717) is 0 Å². The molecule has 1 rings (SSSR count). The van der Waals surface area contributed by atoms with Gasteiger partial charge in [-0.05, 0) is 19.1 Å². The van der Waals surface area contributed by atoms with Crippen molar-refractivity contribution >= 4 is 11.8 Å². The van der Waals surface area contributed by atoms with Crippen molar-refractivity contribution in [3.8, 4) is 0 Å². The number of amides is 1. The Morgan fingerprint density at radius 1 is 1.53 bits per heavy atom. The van der Waals surface area contributed by atoms with E-state index in [1.807, 2.05) is 6.92 Å². The summed E-state index contributed by atoms with van der Waals surface area (Å²) in [6.45, 7) is 1.99. The second kappa shape index (κ2) is 5.80. The van der Waals surface area contributed by atoms with E-state index >= 15 is 0 Å². The van der Waals surface area contributed by atoms with Gasteiger partial charge in [0.15, 0.2) is 0 Å². The van der Waals surface area contributed by atoms with Gasteiger partial charge in [0, 0.05) is 0 Å². The Labute approximate surface area is 87.6 Å². The zero-order valence-electron chi connectivity index (χ0n) is 8.37. The van der Waals surface area contributed by atoms with Gasteiger partial charge in [-0.1, -0.05) is 24.3 Å². The van der Waals surface area contributed by atoms with Gasteiger partial charge in [0.05, 0.1) is 5.69 Å². The van der Waals surface area contributed by atoms with Crippen LogP contribution in [0.3, 0.4) is 0 Å². The molecule has 1 amide bonds. The Bertz CT molecular complexity index is 363. The summed E-state index contributed by atoms with van der Waals surface area (Å²) in [7, 11) is 0. The number of hydrogen-bond acceptors (Lipinski definition) is 2. The van der Waals surface area contributed by atoms with E-state index in [1.165, 1.54) is 12.1 Å². The summed E-state index contributed by atoms with van der Waals surface area (Å²) in [4.78, 5) is 11.1. The van der Waals surface area contributed by atoms with Crippen LogP contribution in [-0.2, 0) is 4.74 Å². The van der Waals surface area contributed by atoms with Crippen LogP contribution in [0.15, 0.2) is 36.4 Å². The van der Waals surface area contributed by atoms with Crippen LogP contribution < -0.4 is 5.32 Å². The minimum atomic E-state index is -0.668. The van der Waals surface area contributed by atoms with E-state index in [1.54, 1.807) is 24.3 Å². The number of para-hydroxylation sites is 1.